The van der Waals surface area contributed by atoms with Crippen molar-refractivity contribution in [3.63, 3.8) is 0 Å². The Bertz CT molecular complexity index is 749. The number of nitrogens with zero attached hydrogens (tertiary/aromatic N) is 1. The third-order valence-corrected chi connectivity index (χ3v) is 5.98. The molecule has 0 radical (unpaired) electrons. The van der Waals surface area contributed by atoms with Gasteiger partial charge in [-0.25, -0.2) is 4.79 Å². The van der Waals surface area contributed by atoms with Gasteiger partial charge in [-0.2, -0.15) is 13.2 Å². The van der Waals surface area contributed by atoms with Gasteiger partial charge in [0, 0.05) is 24.0 Å². The van der Waals surface area contributed by atoms with Crippen molar-refractivity contribution in [3.8, 4) is 0 Å². The minimum atomic E-state index is -4.53. The molecule has 8 heteroatoms. The number of piperidine rings is 2. The Labute approximate surface area is 161 Å². The molecular formula is C20H24F3N3O2. The number of rotatable bonds is 3. The molecule has 3 aliphatic rings. The molecule has 4 rings (SSSR count). The molecule has 2 N–H and O–H groups in total. The third-order valence-electron chi connectivity index (χ3n) is 5.98. The molecule has 0 spiro atoms. The second-order valence-corrected chi connectivity index (χ2v) is 8.07. The van der Waals surface area contributed by atoms with E-state index in [1.807, 2.05) is 0 Å². The van der Waals surface area contributed by atoms with Crippen LogP contribution in [-0.4, -0.2) is 35.0 Å². The molecule has 1 saturated carbocycles. The molecule has 2 bridgehead atoms. The zero-order valence-corrected chi connectivity index (χ0v) is 15.5. The molecule has 2 heterocycles. The monoisotopic (exact) mass is 395 g/mol. The Balaban J connectivity index is 1.46. The van der Waals surface area contributed by atoms with Gasteiger partial charge < -0.3 is 15.5 Å². The Morgan fingerprint density at radius 1 is 1.00 bits per heavy atom. The van der Waals surface area contributed by atoms with E-state index in [1.54, 1.807) is 4.90 Å². The molecule has 1 aliphatic carbocycles. The minimum absolute atomic E-state index is 0.0370. The van der Waals surface area contributed by atoms with E-state index >= 15 is 0 Å². The summed E-state index contributed by atoms with van der Waals surface area (Å²) in [5.41, 5.74) is -1.07. The Hall–Kier alpha value is -2.25. The number of carbonyl (C=O) groups is 2. The number of alkyl halides is 3. The molecule has 2 atom stereocenters. The van der Waals surface area contributed by atoms with Crippen LogP contribution < -0.4 is 10.6 Å². The first-order chi connectivity index (χ1) is 13.3. The summed E-state index contributed by atoms with van der Waals surface area (Å²) in [6.07, 6.45) is 1.27. The first kappa shape index (κ1) is 19.1. The fourth-order valence-electron chi connectivity index (χ4n) is 4.51. The van der Waals surface area contributed by atoms with Crippen molar-refractivity contribution in [1.29, 1.82) is 0 Å². The zero-order chi connectivity index (χ0) is 19.9. The minimum Gasteiger partial charge on any atom is -0.353 e. The van der Waals surface area contributed by atoms with Crippen LogP contribution in [0, 0.1) is 5.92 Å². The highest BCUT2D eigenvalue weighted by Gasteiger charge is 2.43. The van der Waals surface area contributed by atoms with E-state index in [1.165, 1.54) is 18.2 Å². The predicted molar refractivity (Wildman–Crippen MR) is 97.6 cm³/mol. The van der Waals surface area contributed by atoms with Crippen LogP contribution in [0.25, 0.3) is 0 Å². The van der Waals surface area contributed by atoms with E-state index in [2.05, 4.69) is 10.6 Å². The van der Waals surface area contributed by atoms with Gasteiger partial charge in [-0.3, -0.25) is 4.79 Å². The fourth-order valence-corrected chi connectivity index (χ4v) is 4.51. The van der Waals surface area contributed by atoms with Crippen molar-refractivity contribution >= 4 is 17.6 Å². The molecule has 28 heavy (non-hydrogen) atoms. The van der Waals surface area contributed by atoms with Gasteiger partial charge in [0.05, 0.1) is 11.3 Å². The van der Waals surface area contributed by atoms with Crippen molar-refractivity contribution in [2.75, 3.05) is 5.32 Å². The predicted octanol–water partition coefficient (Wildman–Crippen LogP) is 4.15. The lowest BCUT2D eigenvalue weighted by Crippen LogP contribution is -2.59. The van der Waals surface area contributed by atoms with Crippen LogP contribution in [0.4, 0.5) is 23.7 Å². The highest BCUT2D eigenvalue weighted by Crippen LogP contribution is 2.38. The maximum absolute atomic E-state index is 13.2. The van der Waals surface area contributed by atoms with Gasteiger partial charge >= 0.3 is 12.2 Å². The molecule has 3 amide bonds. The lowest BCUT2D eigenvalue weighted by atomic mass is 9.82. The summed E-state index contributed by atoms with van der Waals surface area (Å²) in [7, 11) is 0. The van der Waals surface area contributed by atoms with E-state index in [0.717, 1.165) is 38.2 Å². The normalized spacial score (nSPS) is 27.2. The number of urea groups is 1. The number of benzene rings is 1. The number of para-hydroxylation sites is 1. The Kier molecular flexibility index (Phi) is 4.97. The summed E-state index contributed by atoms with van der Waals surface area (Å²) in [6.45, 7) is 0. The Morgan fingerprint density at radius 3 is 2.25 bits per heavy atom. The summed E-state index contributed by atoms with van der Waals surface area (Å²) in [4.78, 5) is 26.6. The standard InChI is InChI=1S/C20H24F3N3O2/c21-20(22,23)16-6-1-2-7-17(16)25-19(28)26-14-4-3-5-15(26)11-13(10-14)24-18(27)12-8-9-12/h1-2,6-7,12-15H,3-5,8-11H2,(H,24,27)(H,25,28)/t14-,15-/m0/s1. The topological polar surface area (TPSA) is 61.4 Å². The molecule has 2 saturated heterocycles. The lowest BCUT2D eigenvalue weighted by molar-refractivity contribution is -0.137. The fraction of sp³-hybridized carbons (Fsp3) is 0.600. The first-order valence-electron chi connectivity index (χ1n) is 9.89. The van der Waals surface area contributed by atoms with Crippen LogP contribution in [0.1, 0.15) is 50.5 Å². The van der Waals surface area contributed by atoms with Gasteiger partial charge in [-0.15, -0.1) is 0 Å². The molecular weight excluding hydrogens is 371 g/mol. The van der Waals surface area contributed by atoms with Crippen molar-refractivity contribution < 1.29 is 22.8 Å². The van der Waals surface area contributed by atoms with E-state index in [4.69, 9.17) is 0 Å². The van der Waals surface area contributed by atoms with Gasteiger partial charge in [0.2, 0.25) is 5.91 Å². The average Bonchev–Trinajstić information content (AvgIpc) is 3.45. The summed E-state index contributed by atoms with van der Waals surface area (Å²) in [5.74, 6) is 0.236. The van der Waals surface area contributed by atoms with Crippen molar-refractivity contribution in [2.24, 2.45) is 5.92 Å². The number of carbonyl (C=O) groups excluding carboxylic acids is 2. The molecule has 0 aromatic heterocycles. The van der Waals surface area contributed by atoms with Gasteiger partial charge in [0.15, 0.2) is 0 Å². The van der Waals surface area contributed by atoms with E-state index in [9.17, 15) is 22.8 Å². The quantitative estimate of drug-likeness (QED) is 0.808. The van der Waals surface area contributed by atoms with Crippen LogP contribution in [-0.2, 0) is 11.0 Å². The van der Waals surface area contributed by atoms with E-state index in [0.29, 0.717) is 12.8 Å². The summed E-state index contributed by atoms with van der Waals surface area (Å²) in [6, 6.07) is 4.46. The van der Waals surface area contributed by atoms with Crippen LogP contribution >= 0.6 is 0 Å². The van der Waals surface area contributed by atoms with Gasteiger partial charge in [-0.1, -0.05) is 12.1 Å². The van der Waals surface area contributed by atoms with Crippen molar-refractivity contribution in [2.45, 2.75) is 69.2 Å². The largest absolute Gasteiger partial charge is 0.418 e. The van der Waals surface area contributed by atoms with Crippen molar-refractivity contribution in [1.82, 2.24) is 10.2 Å². The smallest absolute Gasteiger partial charge is 0.353 e. The number of fused-ring (bicyclic) bond motifs is 2. The van der Waals surface area contributed by atoms with Crippen LogP contribution in [0.15, 0.2) is 24.3 Å². The molecule has 0 unspecified atom stereocenters. The van der Waals surface area contributed by atoms with Crippen LogP contribution in [0.5, 0.6) is 0 Å². The molecule has 1 aromatic carbocycles. The highest BCUT2D eigenvalue weighted by molar-refractivity contribution is 5.91. The van der Waals surface area contributed by atoms with Crippen LogP contribution in [0.2, 0.25) is 0 Å². The number of halogens is 3. The summed E-state index contributed by atoms with van der Waals surface area (Å²) < 4.78 is 39.6. The summed E-state index contributed by atoms with van der Waals surface area (Å²) >= 11 is 0. The maximum atomic E-state index is 13.2. The van der Waals surface area contributed by atoms with Crippen LogP contribution in [0.3, 0.4) is 0 Å². The second kappa shape index (κ2) is 7.29. The average molecular weight is 395 g/mol. The molecule has 152 valence electrons. The SMILES string of the molecule is O=C(NC1C[C@@H]2CCC[C@@H](C1)N2C(=O)Nc1ccccc1C(F)(F)F)C1CC1. The van der Waals surface area contributed by atoms with E-state index < -0.39 is 17.8 Å². The first-order valence-corrected chi connectivity index (χ1v) is 9.89. The number of hydrogen-bond acceptors (Lipinski definition) is 2. The number of hydrogen-bond donors (Lipinski definition) is 2. The van der Waals surface area contributed by atoms with E-state index in [-0.39, 0.29) is 35.6 Å². The molecule has 2 aliphatic heterocycles. The molecule has 5 nitrogen and oxygen atoms in total. The van der Waals surface area contributed by atoms with Gasteiger partial charge in [-0.05, 0) is 57.1 Å². The number of nitrogens with one attached hydrogen (secondary N) is 2. The van der Waals surface area contributed by atoms with Gasteiger partial charge in [0.1, 0.15) is 0 Å². The zero-order valence-electron chi connectivity index (χ0n) is 15.5. The second-order valence-electron chi connectivity index (χ2n) is 8.07. The molecule has 3 fully saturated rings. The Morgan fingerprint density at radius 2 is 1.64 bits per heavy atom. The highest BCUT2D eigenvalue weighted by atomic mass is 19.4. The number of amides is 3. The van der Waals surface area contributed by atoms with Crippen molar-refractivity contribution in [3.05, 3.63) is 29.8 Å². The number of anilines is 1. The molecule has 1 aromatic rings. The maximum Gasteiger partial charge on any atom is 0.418 e. The summed E-state index contributed by atoms with van der Waals surface area (Å²) in [5, 5.41) is 5.58. The third kappa shape index (κ3) is 3.95. The van der Waals surface area contributed by atoms with Gasteiger partial charge in [0.25, 0.3) is 0 Å². The lowest BCUT2D eigenvalue weighted by Gasteiger charge is -2.48.